The van der Waals surface area contributed by atoms with Crippen LogP contribution in [0.1, 0.15) is 18.8 Å². The first-order chi connectivity index (χ1) is 8.20. The third-order valence-electron chi connectivity index (χ3n) is 2.00. The highest BCUT2D eigenvalue weighted by atomic mass is 79.9. The number of ether oxygens (including phenoxy) is 1. The summed E-state index contributed by atoms with van der Waals surface area (Å²) in [5.74, 6) is 1.43. The Morgan fingerprint density at radius 2 is 2.35 bits per heavy atom. The largest absolute Gasteiger partial charge is 0.480 e. The molecular weight excluding hydrogens is 290 g/mol. The fraction of sp³-hybridized carbons (Fsp3) is 0.375. The van der Waals surface area contributed by atoms with E-state index < -0.39 is 0 Å². The smallest absolute Gasteiger partial charge is 0.232 e. The molecule has 2 aromatic rings. The third-order valence-corrected chi connectivity index (χ3v) is 2.54. The molecule has 8 nitrogen and oxygen atoms in total. The molecule has 0 aliphatic heterocycles. The van der Waals surface area contributed by atoms with Gasteiger partial charge in [-0.05, 0) is 22.9 Å². The van der Waals surface area contributed by atoms with Gasteiger partial charge in [-0.25, -0.2) is 4.98 Å². The molecule has 90 valence electrons. The molecule has 2 heterocycles. The second-order valence-corrected chi connectivity index (χ2v) is 4.04. The summed E-state index contributed by atoms with van der Waals surface area (Å²) in [6.45, 7) is 1.88. The van der Waals surface area contributed by atoms with Crippen LogP contribution in [-0.4, -0.2) is 37.7 Å². The molecule has 2 N–H and O–H groups in total. The van der Waals surface area contributed by atoms with E-state index in [0.29, 0.717) is 22.1 Å². The molecule has 9 heteroatoms. The summed E-state index contributed by atoms with van der Waals surface area (Å²) in [6, 6.07) is -0.153. The van der Waals surface area contributed by atoms with Crippen LogP contribution < -0.4 is 10.1 Å². The van der Waals surface area contributed by atoms with Crippen molar-refractivity contribution in [2.45, 2.75) is 13.0 Å². The number of halogens is 1. The highest BCUT2D eigenvalue weighted by Gasteiger charge is 2.12. The van der Waals surface area contributed by atoms with E-state index in [2.05, 4.69) is 51.8 Å². The van der Waals surface area contributed by atoms with Gasteiger partial charge in [0.2, 0.25) is 11.8 Å². The summed E-state index contributed by atoms with van der Waals surface area (Å²) in [5.41, 5.74) is 0. The van der Waals surface area contributed by atoms with Crippen LogP contribution in [0, 0.1) is 0 Å². The van der Waals surface area contributed by atoms with Gasteiger partial charge >= 0.3 is 0 Å². The zero-order valence-electron chi connectivity index (χ0n) is 9.18. The normalized spacial score (nSPS) is 12.2. The first-order valence-electron chi connectivity index (χ1n) is 4.77. The first-order valence-corrected chi connectivity index (χ1v) is 5.56. The van der Waals surface area contributed by atoms with Crippen molar-refractivity contribution in [1.29, 1.82) is 0 Å². The minimum Gasteiger partial charge on any atom is -0.480 e. The summed E-state index contributed by atoms with van der Waals surface area (Å²) in [5, 5.41) is 16.6. The third kappa shape index (κ3) is 2.67. The number of aromatic nitrogens is 6. The molecule has 0 amide bonds. The average Bonchev–Trinajstić information content (AvgIpc) is 2.85. The zero-order chi connectivity index (χ0) is 12.3. The molecule has 0 aromatic carbocycles. The Bertz CT molecular complexity index is 489. The Balaban J connectivity index is 2.13. The van der Waals surface area contributed by atoms with E-state index in [4.69, 9.17) is 4.74 Å². The van der Waals surface area contributed by atoms with E-state index in [9.17, 15) is 0 Å². The monoisotopic (exact) mass is 299 g/mol. The van der Waals surface area contributed by atoms with Gasteiger partial charge in [0.05, 0.1) is 23.8 Å². The summed E-state index contributed by atoms with van der Waals surface area (Å²) in [4.78, 5) is 8.26. The molecule has 0 saturated heterocycles. The average molecular weight is 300 g/mol. The Morgan fingerprint density at radius 1 is 1.53 bits per heavy atom. The number of anilines is 1. The molecule has 0 spiro atoms. The summed E-state index contributed by atoms with van der Waals surface area (Å²) < 4.78 is 5.76. The van der Waals surface area contributed by atoms with Crippen LogP contribution in [0.15, 0.2) is 10.7 Å². The Hall–Kier alpha value is -1.77. The lowest BCUT2D eigenvalue weighted by atomic mass is 10.3. The molecule has 0 fully saturated rings. The molecule has 1 atom stereocenters. The van der Waals surface area contributed by atoms with Crippen LogP contribution in [0.3, 0.4) is 0 Å². The van der Waals surface area contributed by atoms with Gasteiger partial charge in [-0.1, -0.05) is 5.21 Å². The number of nitrogens with zero attached hydrogens (tertiary/aromatic N) is 5. The maximum absolute atomic E-state index is 5.07. The number of methoxy groups -OCH3 is 1. The maximum Gasteiger partial charge on any atom is 0.232 e. The summed E-state index contributed by atoms with van der Waals surface area (Å²) in [6.07, 6.45) is 1.61. The van der Waals surface area contributed by atoms with Crippen LogP contribution in [-0.2, 0) is 0 Å². The number of rotatable bonds is 4. The van der Waals surface area contributed by atoms with Gasteiger partial charge in [-0.15, -0.1) is 10.2 Å². The molecule has 0 radical (unpaired) electrons. The van der Waals surface area contributed by atoms with E-state index in [1.54, 1.807) is 13.3 Å². The number of H-pyrrole nitrogens is 1. The van der Waals surface area contributed by atoms with Crippen molar-refractivity contribution in [2.75, 3.05) is 12.4 Å². The molecule has 17 heavy (non-hydrogen) atoms. The number of nitrogens with one attached hydrogen (secondary N) is 2. The Kier molecular flexibility index (Phi) is 3.47. The van der Waals surface area contributed by atoms with E-state index in [0.717, 1.165) is 0 Å². The van der Waals surface area contributed by atoms with Gasteiger partial charge in [-0.3, -0.25) is 0 Å². The van der Waals surface area contributed by atoms with Crippen molar-refractivity contribution in [3.63, 3.8) is 0 Å². The van der Waals surface area contributed by atoms with Crippen molar-refractivity contribution < 1.29 is 4.74 Å². The molecular formula is C8H10BrN7O. The lowest BCUT2D eigenvalue weighted by Crippen LogP contribution is -2.11. The van der Waals surface area contributed by atoms with Crippen LogP contribution >= 0.6 is 15.9 Å². The molecule has 0 aliphatic carbocycles. The predicted molar refractivity (Wildman–Crippen MR) is 62.5 cm³/mol. The van der Waals surface area contributed by atoms with Crippen LogP contribution in [0.5, 0.6) is 5.88 Å². The number of aromatic amines is 1. The van der Waals surface area contributed by atoms with Gasteiger partial charge in [0.1, 0.15) is 0 Å². The van der Waals surface area contributed by atoms with Crippen LogP contribution in [0.4, 0.5) is 5.95 Å². The van der Waals surface area contributed by atoms with Crippen molar-refractivity contribution in [1.82, 2.24) is 30.6 Å². The minimum atomic E-state index is -0.153. The highest BCUT2D eigenvalue weighted by Crippen LogP contribution is 2.23. The lowest BCUT2D eigenvalue weighted by Gasteiger charge is -2.10. The number of tetrazole rings is 1. The molecule has 1 unspecified atom stereocenters. The molecule has 0 saturated carbocycles. The Morgan fingerprint density at radius 3 is 3.00 bits per heavy atom. The van der Waals surface area contributed by atoms with E-state index in [-0.39, 0.29) is 6.04 Å². The standard InChI is InChI=1S/C8H10BrN7O/c1-4(6-13-15-16-14-6)11-8-10-3-5(9)7(12-8)17-2/h3-4H,1-2H3,(H,10,11,12)(H,13,14,15,16). The molecule has 0 bridgehead atoms. The van der Waals surface area contributed by atoms with Gasteiger partial charge in [0, 0.05) is 0 Å². The fourth-order valence-corrected chi connectivity index (χ4v) is 1.53. The lowest BCUT2D eigenvalue weighted by molar-refractivity contribution is 0.394. The van der Waals surface area contributed by atoms with Gasteiger partial charge < -0.3 is 10.1 Å². The van der Waals surface area contributed by atoms with Crippen LogP contribution in [0.2, 0.25) is 0 Å². The molecule has 2 aromatic heterocycles. The van der Waals surface area contributed by atoms with Crippen molar-refractivity contribution >= 4 is 21.9 Å². The number of hydrogen-bond donors (Lipinski definition) is 2. The van der Waals surface area contributed by atoms with Gasteiger partial charge in [0.15, 0.2) is 5.82 Å². The minimum absolute atomic E-state index is 0.153. The Labute approximate surface area is 105 Å². The van der Waals surface area contributed by atoms with Crippen molar-refractivity contribution in [2.24, 2.45) is 0 Å². The quantitative estimate of drug-likeness (QED) is 0.866. The first kappa shape index (κ1) is 11.7. The second kappa shape index (κ2) is 5.04. The summed E-state index contributed by atoms with van der Waals surface area (Å²) >= 11 is 3.28. The number of hydrogen-bond acceptors (Lipinski definition) is 7. The van der Waals surface area contributed by atoms with Crippen molar-refractivity contribution in [3.8, 4) is 5.88 Å². The van der Waals surface area contributed by atoms with E-state index in [1.807, 2.05) is 6.92 Å². The topological polar surface area (TPSA) is 102 Å². The fourth-order valence-electron chi connectivity index (χ4n) is 1.18. The maximum atomic E-state index is 5.07. The highest BCUT2D eigenvalue weighted by molar-refractivity contribution is 9.10. The van der Waals surface area contributed by atoms with E-state index >= 15 is 0 Å². The SMILES string of the molecule is COc1nc(NC(C)c2nn[nH]n2)ncc1Br. The second-order valence-electron chi connectivity index (χ2n) is 3.19. The summed E-state index contributed by atoms with van der Waals surface area (Å²) in [7, 11) is 1.54. The van der Waals surface area contributed by atoms with Crippen LogP contribution in [0.25, 0.3) is 0 Å². The van der Waals surface area contributed by atoms with E-state index in [1.165, 1.54) is 0 Å². The molecule has 0 aliphatic rings. The van der Waals surface area contributed by atoms with Gasteiger partial charge in [-0.2, -0.15) is 10.2 Å². The molecule has 2 rings (SSSR count). The predicted octanol–water partition coefficient (Wildman–Crippen LogP) is 0.934. The zero-order valence-corrected chi connectivity index (χ0v) is 10.8. The van der Waals surface area contributed by atoms with Crippen molar-refractivity contribution in [3.05, 3.63) is 16.5 Å². The van der Waals surface area contributed by atoms with Gasteiger partial charge in [0.25, 0.3) is 0 Å².